The molecule has 0 spiro atoms. The highest BCUT2D eigenvalue weighted by molar-refractivity contribution is 5.67. The molecule has 32 heavy (non-hydrogen) atoms. The molecule has 0 N–H and O–H groups in total. The van der Waals surface area contributed by atoms with Crippen LogP contribution in [0.5, 0.6) is 0 Å². The zero-order valence-corrected chi connectivity index (χ0v) is 21.0. The summed E-state index contributed by atoms with van der Waals surface area (Å²) in [7, 11) is 0. The largest absolute Gasteiger partial charge is 0.257 e. The Morgan fingerprint density at radius 1 is 0.594 bits per heavy atom. The van der Waals surface area contributed by atoms with E-state index in [0.717, 1.165) is 59.8 Å². The van der Waals surface area contributed by atoms with Crippen LogP contribution in [0.3, 0.4) is 0 Å². The maximum absolute atomic E-state index is 5.13. The summed E-state index contributed by atoms with van der Waals surface area (Å²) >= 11 is 0. The number of hydrogen-bond acceptors (Lipinski definition) is 5. The number of hydrogen-bond donors (Lipinski definition) is 0. The van der Waals surface area contributed by atoms with Gasteiger partial charge in [-0.2, -0.15) is 0 Å². The van der Waals surface area contributed by atoms with Gasteiger partial charge in [0, 0.05) is 23.2 Å². The molecule has 3 heterocycles. The first-order valence-corrected chi connectivity index (χ1v) is 11.7. The average Bonchev–Trinajstić information content (AvgIpc) is 2.73. The van der Waals surface area contributed by atoms with E-state index in [1.165, 1.54) is 11.1 Å². The van der Waals surface area contributed by atoms with Crippen molar-refractivity contribution in [2.75, 3.05) is 0 Å². The minimum atomic E-state index is -0.0360. The van der Waals surface area contributed by atoms with E-state index in [-0.39, 0.29) is 10.8 Å². The van der Waals surface area contributed by atoms with Crippen LogP contribution in [0.15, 0.2) is 30.9 Å². The molecule has 0 bridgehead atoms. The summed E-state index contributed by atoms with van der Waals surface area (Å²) in [6.07, 6.45) is 11.5. The first kappa shape index (κ1) is 24.0. The lowest BCUT2D eigenvalue weighted by atomic mass is 9.92. The smallest absolute Gasteiger partial charge is 0.107 e. The van der Waals surface area contributed by atoms with Crippen molar-refractivity contribution in [3.05, 3.63) is 53.4 Å². The van der Waals surface area contributed by atoms with Crippen LogP contribution in [0.1, 0.15) is 90.7 Å². The Labute approximate surface area is 193 Å². The first-order valence-electron chi connectivity index (χ1n) is 11.7. The molecule has 0 amide bonds. The van der Waals surface area contributed by atoms with Crippen LogP contribution < -0.4 is 0 Å². The van der Waals surface area contributed by atoms with Gasteiger partial charge in [0.1, 0.15) is 11.4 Å². The highest BCUT2D eigenvalue weighted by Gasteiger charge is 2.20. The normalized spacial score (nSPS) is 12.2. The van der Waals surface area contributed by atoms with Gasteiger partial charge >= 0.3 is 0 Å². The van der Waals surface area contributed by atoms with Gasteiger partial charge in [0.05, 0.1) is 35.2 Å². The molecule has 0 aromatic carbocycles. The summed E-state index contributed by atoms with van der Waals surface area (Å²) in [5.41, 5.74) is 7.74. The van der Waals surface area contributed by atoms with Crippen molar-refractivity contribution in [2.45, 2.75) is 91.9 Å². The van der Waals surface area contributed by atoms with E-state index in [0.29, 0.717) is 0 Å². The lowest BCUT2D eigenvalue weighted by Gasteiger charge is -2.19. The molecular weight excluding hydrogens is 394 g/mol. The van der Waals surface area contributed by atoms with Crippen molar-refractivity contribution < 1.29 is 0 Å². The molecule has 0 radical (unpaired) electrons. The third kappa shape index (κ3) is 5.37. The summed E-state index contributed by atoms with van der Waals surface area (Å²) in [4.78, 5) is 24.0. The second-order valence-electron chi connectivity index (χ2n) is 10.6. The minimum Gasteiger partial charge on any atom is -0.257 e. The lowest BCUT2D eigenvalue weighted by molar-refractivity contribution is 0.565. The molecule has 3 rings (SSSR count). The maximum atomic E-state index is 5.13. The molecule has 5 heteroatoms. The number of aromatic nitrogens is 5. The maximum Gasteiger partial charge on any atom is 0.107 e. The highest BCUT2D eigenvalue weighted by atomic mass is 14.9. The van der Waals surface area contributed by atoms with Gasteiger partial charge in [0.2, 0.25) is 0 Å². The van der Waals surface area contributed by atoms with E-state index in [1.54, 1.807) is 0 Å². The van der Waals surface area contributed by atoms with Gasteiger partial charge in [0.25, 0.3) is 0 Å². The van der Waals surface area contributed by atoms with Crippen molar-refractivity contribution in [2.24, 2.45) is 0 Å². The molecule has 0 aliphatic rings. The molecule has 3 aromatic heterocycles. The summed E-state index contributed by atoms with van der Waals surface area (Å²) in [6.45, 7) is 17.3. The van der Waals surface area contributed by atoms with Gasteiger partial charge in [-0.3, -0.25) is 19.9 Å². The topological polar surface area (TPSA) is 64.5 Å². The number of pyridine rings is 1. The second kappa shape index (κ2) is 9.43. The van der Waals surface area contributed by atoms with Crippen LogP contribution in [0.4, 0.5) is 0 Å². The van der Waals surface area contributed by atoms with E-state index in [9.17, 15) is 0 Å². The SMILES string of the molecule is CCCc1cc(CCC)c(-c2cnc(C(C)(C)C)cn2)nc1-c1cnc(C(C)(C)C)cn1. The standard InChI is InChI=1S/C27H37N5/c1-9-11-18-13-19(12-10-2)25(21-15-31-23(17-29-21)27(6,7)8)32-24(18)20-14-30-22(16-28-20)26(3,4)5/h13-17H,9-12H2,1-8H3. The fourth-order valence-electron chi connectivity index (χ4n) is 3.64. The van der Waals surface area contributed by atoms with Gasteiger partial charge in [-0.25, -0.2) is 4.98 Å². The van der Waals surface area contributed by atoms with Crippen LogP contribution in [0, 0.1) is 0 Å². The number of rotatable bonds is 6. The van der Waals surface area contributed by atoms with Gasteiger partial charge in [0.15, 0.2) is 0 Å². The Morgan fingerprint density at radius 3 is 1.28 bits per heavy atom. The van der Waals surface area contributed by atoms with Crippen molar-refractivity contribution >= 4 is 0 Å². The summed E-state index contributed by atoms with van der Waals surface area (Å²) in [5, 5.41) is 0. The van der Waals surface area contributed by atoms with Crippen LogP contribution in [-0.2, 0) is 23.7 Å². The van der Waals surface area contributed by atoms with Crippen LogP contribution >= 0.6 is 0 Å². The van der Waals surface area contributed by atoms with Crippen LogP contribution in [-0.4, -0.2) is 24.9 Å². The second-order valence-corrected chi connectivity index (χ2v) is 10.6. The van der Waals surface area contributed by atoms with Crippen LogP contribution in [0.25, 0.3) is 22.8 Å². The molecule has 0 aliphatic heterocycles. The predicted octanol–water partition coefficient (Wildman–Crippen LogP) is 6.50. The van der Waals surface area contributed by atoms with Crippen molar-refractivity contribution in [1.29, 1.82) is 0 Å². The molecule has 0 saturated heterocycles. The Balaban J connectivity index is 2.15. The van der Waals surface area contributed by atoms with E-state index in [2.05, 4.69) is 61.5 Å². The molecule has 0 saturated carbocycles. The Bertz CT molecular complexity index is 957. The molecule has 170 valence electrons. The van der Waals surface area contributed by atoms with Crippen molar-refractivity contribution in [3.8, 4) is 22.8 Å². The van der Waals surface area contributed by atoms with Crippen LogP contribution in [0.2, 0.25) is 0 Å². The third-order valence-electron chi connectivity index (χ3n) is 5.54. The fraction of sp³-hybridized carbons (Fsp3) is 0.519. The van der Waals surface area contributed by atoms with Gasteiger partial charge in [-0.15, -0.1) is 0 Å². The summed E-state index contributed by atoms with van der Waals surface area (Å²) in [6, 6.07) is 2.30. The molecule has 0 atom stereocenters. The first-order chi connectivity index (χ1) is 15.0. The number of nitrogens with zero attached hydrogens (tertiary/aromatic N) is 5. The Morgan fingerprint density at radius 2 is 1.00 bits per heavy atom. The molecule has 0 unspecified atom stereocenters. The molecule has 0 aliphatic carbocycles. The summed E-state index contributed by atoms with van der Waals surface area (Å²) in [5.74, 6) is 0. The van der Waals surface area contributed by atoms with Gasteiger partial charge in [-0.1, -0.05) is 74.3 Å². The quantitative estimate of drug-likeness (QED) is 0.446. The summed E-state index contributed by atoms with van der Waals surface area (Å²) < 4.78 is 0. The Kier molecular flexibility index (Phi) is 7.06. The van der Waals surface area contributed by atoms with Crippen molar-refractivity contribution in [3.63, 3.8) is 0 Å². The van der Waals surface area contributed by atoms with E-state index >= 15 is 0 Å². The monoisotopic (exact) mass is 431 g/mol. The minimum absolute atomic E-state index is 0.0360. The highest BCUT2D eigenvalue weighted by Crippen LogP contribution is 2.30. The third-order valence-corrected chi connectivity index (χ3v) is 5.54. The molecule has 5 nitrogen and oxygen atoms in total. The van der Waals surface area contributed by atoms with Gasteiger partial charge in [-0.05, 0) is 24.0 Å². The predicted molar refractivity (Wildman–Crippen MR) is 132 cm³/mol. The van der Waals surface area contributed by atoms with E-state index in [1.807, 2.05) is 24.8 Å². The fourth-order valence-corrected chi connectivity index (χ4v) is 3.64. The Hall–Kier alpha value is -2.69. The molecular formula is C27H37N5. The zero-order chi connectivity index (χ0) is 23.5. The van der Waals surface area contributed by atoms with E-state index in [4.69, 9.17) is 24.9 Å². The zero-order valence-electron chi connectivity index (χ0n) is 21.0. The van der Waals surface area contributed by atoms with Crippen molar-refractivity contribution in [1.82, 2.24) is 24.9 Å². The molecule has 0 fully saturated rings. The molecule has 3 aromatic rings. The van der Waals surface area contributed by atoms with E-state index < -0.39 is 0 Å². The van der Waals surface area contributed by atoms with Gasteiger partial charge < -0.3 is 0 Å². The average molecular weight is 432 g/mol. The number of aryl methyl sites for hydroxylation is 2. The lowest BCUT2D eigenvalue weighted by Crippen LogP contribution is -2.14.